The first kappa shape index (κ1) is 16.1. The molecule has 0 aliphatic carbocycles. The highest BCUT2D eigenvalue weighted by Gasteiger charge is 2.35. The van der Waals surface area contributed by atoms with Crippen LogP contribution in [0, 0.1) is 0 Å². The van der Waals surface area contributed by atoms with E-state index in [-0.39, 0.29) is 5.92 Å². The number of likely N-dealkylation sites (N-methyl/N-ethyl adjacent to an activating group) is 1. The second-order valence-corrected chi connectivity index (χ2v) is 6.58. The average molecular weight is 341 g/mol. The van der Waals surface area contributed by atoms with E-state index in [2.05, 4.69) is 18.0 Å². The van der Waals surface area contributed by atoms with Crippen LogP contribution in [0.1, 0.15) is 22.6 Å². The third kappa shape index (κ3) is 2.50. The molecule has 4 rings (SSSR count). The molecule has 132 valence electrons. The molecular weight excluding hydrogens is 318 g/mol. The minimum Gasteiger partial charge on any atom is -0.493 e. The van der Waals surface area contributed by atoms with E-state index in [9.17, 15) is 0 Å². The van der Waals surface area contributed by atoms with Gasteiger partial charge in [-0.1, -0.05) is 6.07 Å². The number of hydrogen-bond donors (Lipinski definition) is 0. The van der Waals surface area contributed by atoms with Gasteiger partial charge in [0, 0.05) is 36.2 Å². The Labute approximate surface area is 148 Å². The monoisotopic (exact) mass is 341 g/mol. The molecule has 0 N–H and O–H groups in total. The number of ether oxygens (including phenoxy) is 4. The Bertz CT molecular complexity index is 818. The normalized spacial score (nSPS) is 18.5. The molecule has 2 aliphatic heterocycles. The summed E-state index contributed by atoms with van der Waals surface area (Å²) in [5.74, 6) is 4.03. The maximum atomic E-state index is 6.30. The molecule has 0 saturated heterocycles. The molecule has 1 unspecified atom stereocenters. The SMILES string of the molecule is COc1cc2c(cc1OC)C1CN(C)CCc3ccc(OC)c(c31)O2. The van der Waals surface area contributed by atoms with Crippen molar-refractivity contribution in [3.05, 3.63) is 41.0 Å². The van der Waals surface area contributed by atoms with Crippen LogP contribution in [0.25, 0.3) is 0 Å². The van der Waals surface area contributed by atoms with E-state index in [1.807, 2.05) is 18.2 Å². The van der Waals surface area contributed by atoms with Gasteiger partial charge in [0.1, 0.15) is 5.75 Å². The summed E-state index contributed by atoms with van der Waals surface area (Å²) in [7, 11) is 7.15. The Balaban J connectivity index is 1.95. The first-order valence-electron chi connectivity index (χ1n) is 8.48. The Morgan fingerprint density at radius 3 is 2.44 bits per heavy atom. The van der Waals surface area contributed by atoms with Gasteiger partial charge in [0.05, 0.1) is 21.3 Å². The summed E-state index contributed by atoms with van der Waals surface area (Å²) in [5.41, 5.74) is 3.70. The fourth-order valence-electron chi connectivity index (χ4n) is 3.89. The Kier molecular flexibility index (Phi) is 3.96. The summed E-state index contributed by atoms with van der Waals surface area (Å²) in [6.07, 6.45) is 1.01. The van der Waals surface area contributed by atoms with Crippen LogP contribution in [-0.4, -0.2) is 46.4 Å². The van der Waals surface area contributed by atoms with Crippen molar-refractivity contribution < 1.29 is 18.9 Å². The van der Waals surface area contributed by atoms with Gasteiger partial charge >= 0.3 is 0 Å². The zero-order valence-corrected chi connectivity index (χ0v) is 15.1. The van der Waals surface area contributed by atoms with E-state index < -0.39 is 0 Å². The van der Waals surface area contributed by atoms with Crippen molar-refractivity contribution in [1.29, 1.82) is 0 Å². The van der Waals surface area contributed by atoms with Crippen LogP contribution in [0.2, 0.25) is 0 Å². The summed E-state index contributed by atoms with van der Waals surface area (Å²) in [6.45, 7) is 1.96. The minimum absolute atomic E-state index is 0.219. The second kappa shape index (κ2) is 6.15. The molecule has 2 aromatic rings. The van der Waals surface area contributed by atoms with E-state index in [0.717, 1.165) is 48.1 Å². The van der Waals surface area contributed by atoms with Crippen LogP contribution >= 0.6 is 0 Å². The number of rotatable bonds is 3. The van der Waals surface area contributed by atoms with Gasteiger partial charge in [0.15, 0.2) is 23.0 Å². The van der Waals surface area contributed by atoms with Crippen molar-refractivity contribution in [3.8, 4) is 28.7 Å². The molecule has 0 radical (unpaired) electrons. The molecule has 2 aromatic carbocycles. The first-order chi connectivity index (χ1) is 12.2. The van der Waals surface area contributed by atoms with Gasteiger partial charge in [0.25, 0.3) is 0 Å². The van der Waals surface area contributed by atoms with E-state index in [0.29, 0.717) is 5.75 Å². The summed E-state index contributed by atoms with van der Waals surface area (Å²) < 4.78 is 22.8. The number of methoxy groups -OCH3 is 3. The number of nitrogens with zero attached hydrogens (tertiary/aromatic N) is 1. The van der Waals surface area contributed by atoms with Crippen molar-refractivity contribution in [1.82, 2.24) is 4.90 Å². The van der Waals surface area contributed by atoms with Crippen molar-refractivity contribution >= 4 is 0 Å². The maximum absolute atomic E-state index is 6.30. The highest BCUT2D eigenvalue weighted by atomic mass is 16.5. The van der Waals surface area contributed by atoms with Crippen LogP contribution < -0.4 is 18.9 Å². The summed E-state index contributed by atoms with van der Waals surface area (Å²) >= 11 is 0. The molecule has 2 aliphatic rings. The van der Waals surface area contributed by atoms with Crippen LogP contribution in [0.4, 0.5) is 0 Å². The van der Waals surface area contributed by atoms with Gasteiger partial charge in [-0.05, 0) is 31.2 Å². The lowest BCUT2D eigenvalue weighted by Gasteiger charge is -2.31. The Hall–Kier alpha value is -2.40. The Morgan fingerprint density at radius 2 is 1.72 bits per heavy atom. The molecule has 0 aromatic heterocycles. The molecule has 0 saturated carbocycles. The van der Waals surface area contributed by atoms with Gasteiger partial charge < -0.3 is 23.8 Å². The standard InChI is InChI=1S/C20H23NO4/c1-21-8-7-12-5-6-15(22-2)20-19(12)14(11-21)13-9-17(23-3)18(24-4)10-16(13)25-20/h5-6,9-10,14H,7-8,11H2,1-4H3. The predicted molar refractivity (Wildman–Crippen MR) is 95.7 cm³/mol. The minimum atomic E-state index is 0.219. The smallest absolute Gasteiger partial charge is 0.173 e. The third-order valence-electron chi connectivity index (χ3n) is 5.18. The highest BCUT2D eigenvalue weighted by molar-refractivity contribution is 5.65. The molecule has 5 heteroatoms. The topological polar surface area (TPSA) is 40.2 Å². The van der Waals surface area contributed by atoms with Crippen molar-refractivity contribution in [2.75, 3.05) is 41.5 Å². The van der Waals surface area contributed by atoms with Crippen molar-refractivity contribution in [2.24, 2.45) is 0 Å². The largest absolute Gasteiger partial charge is 0.493 e. The lowest BCUT2D eigenvalue weighted by Crippen LogP contribution is -2.25. The van der Waals surface area contributed by atoms with Gasteiger partial charge in [-0.15, -0.1) is 0 Å². The Morgan fingerprint density at radius 1 is 1.00 bits per heavy atom. The van der Waals surface area contributed by atoms with E-state index >= 15 is 0 Å². The van der Waals surface area contributed by atoms with E-state index in [4.69, 9.17) is 18.9 Å². The van der Waals surface area contributed by atoms with E-state index in [1.165, 1.54) is 11.1 Å². The zero-order valence-electron chi connectivity index (χ0n) is 15.1. The van der Waals surface area contributed by atoms with Crippen LogP contribution in [0.5, 0.6) is 28.7 Å². The summed E-state index contributed by atoms with van der Waals surface area (Å²) in [6, 6.07) is 8.12. The lowest BCUT2D eigenvalue weighted by atomic mass is 9.84. The van der Waals surface area contributed by atoms with Crippen LogP contribution in [0.3, 0.4) is 0 Å². The maximum Gasteiger partial charge on any atom is 0.173 e. The van der Waals surface area contributed by atoms with Crippen molar-refractivity contribution in [2.45, 2.75) is 12.3 Å². The molecule has 1 atom stereocenters. The molecule has 0 amide bonds. The highest BCUT2D eigenvalue weighted by Crippen LogP contribution is 2.53. The molecule has 2 heterocycles. The molecule has 25 heavy (non-hydrogen) atoms. The van der Waals surface area contributed by atoms with Gasteiger partial charge in [-0.3, -0.25) is 0 Å². The zero-order chi connectivity index (χ0) is 17.6. The third-order valence-corrected chi connectivity index (χ3v) is 5.18. The molecule has 0 bridgehead atoms. The summed E-state index contributed by atoms with van der Waals surface area (Å²) in [5, 5.41) is 0. The molecule has 5 nitrogen and oxygen atoms in total. The quantitative estimate of drug-likeness (QED) is 0.855. The lowest BCUT2D eigenvalue weighted by molar-refractivity contribution is 0.319. The van der Waals surface area contributed by atoms with Crippen LogP contribution in [0.15, 0.2) is 24.3 Å². The molecular formula is C20H23NO4. The number of hydrogen-bond acceptors (Lipinski definition) is 5. The average Bonchev–Trinajstić information content (AvgIpc) is 2.81. The first-order valence-corrected chi connectivity index (χ1v) is 8.48. The second-order valence-electron chi connectivity index (χ2n) is 6.58. The van der Waals surface area contributed by atoms with Crippen molar-refractivity contribution in [3.63, 3.8) is 0 Å². The molecule has 0 fully saturated rings. The van der Waals surface area contributed by atoms with Gasteiger partial charge in [-0.2, -0.15) is 0 Å². The fraction of sp³-hybridized carbons (Fsp3) is 0.400. The fourth-order valence-corrected chi connectivity index (χ4v) is 3.89. The predicted octanol–water partition coefficient (Wildman–Crippen LogP) is 3.44. The van der Waals surface area contributed by atoms with Gasteiger partial charge in [0.2, 0.25) is 0 Å². The summed E-state index contributed by atoms with van der Waals surface area (Å²) in [4.78, 5) is 2.37. The molecule has 0 spiro atoms. The van der Waals surface area contributed by atoms with Crippen LogP contribution in [-0.2, 0) is 6.42 Å². The van der Waals surface area contributed by atoms with E-state index in [1.54, 1.807) is 21.3 Å². The van der Waals surface area contributed by atoms with Gasteiger partial charge in [-0.25, -0.2) is 0 Å². The number of benzene rings is 2. The number of fused-ring (bicyclic) bond motifs is 2.